The molecule has 20 heavy (non-hydrogen) atoms. The minimum atomic E-state index is -3.80. The van der Waals surface area contributed by atoms with Gasteiger partial charge in [0, 0.05) is 19.2 Å². The summed E-state index contributed by atoms with van der Waals surface area (Å²) in [6.07, 6.45) is 3.61. The molecule has 1 aliphatic heterocycles. The molecule has 1 aromatic rings. The minimum Gasteiger partial charge on any atom is -0.258 e. The number of nitrogens with zero attached hydrogens (tertiary/aromatic N) is 2. The molecule has 0 N–H and O–H groups in total. The van der Waals surface area contributed by atoms with Gasteiger partial charge in [-0.15, -0.1) is 0 Å². The van der Waals surface area contributed by atoms with Gasteiger partial charge in [-0.3, -0.25) is 10.1 Å². The van der Waals surface area contributed by atoms with Gasteiger partial charge in [0.1, 0.15) is 0 Å². The van der Waals surface area contributed by atoms with Crippen LogP contribution >= 0.6 is 0 Å². The summed E-state index contributed by atoms with van der Waals surface area (Å²) in [6.45, 7) is 2.47. The highest BCUT2D eigenvalue weighted by atomic mass is 32.2. The molecule has 0 amide bonds. The van der Waals surface area contributed by atoms with Crippen LogP contribution in [0.1, 0.15) is 31.2 Å². The van der Waals surface area contributed by atoms with Crippen LogP contribution < -0.4 is 0 Å². The second-order valence-electron chi connectivity index (χ2n) is 5.00. The lowest BCUT2D eigenvalue weighted by Crippen LogP contribution is -2.32. The summed E-state index contributed by atoms with van der Waals surface area (Å²) in [4.78, 5) is 10.3. The van der Waals surface area contributed by atoms with E-state index in [1.807, 2.05) is 0 Å². The average Bonchev–Trinajstić information content (AvgIpc) is 2.67. The molecule has 1 fully saturated rings. The third-order valence-corrected chi connectivity index (χ3v) is 5.64. The third-order valence-electron chi connectivity index (χ3n) is 3.55. The second kappa shape index (κ2) is 5.88. The third kappa shape index (κ3) is 2.83. The van der Waals surface area contributed by atoms with Gasteiger partial charge in [0.15, 0.2) is 4.90 Å². The molecule has 0 atom stereocenters. The molecular weight excluding hydrogens is 280 g/mol. The highest BCUT2D eigenvalue weighted by Gasteiger charge is 2.33. The van der Waals surface area contributed by atoms with E-state index in [2.05, 4.69) is 0 Å². The average molecular weight is 298 g/mol. The zero-order chi connectivity index (χ0) is 14.8. The van der Waals surface area contributed by atoms with Crippen molar-refractivity contribution in [2.45, 2.75) is 37.5 Å². The molecule has 1 aromatic carbocycles. The number of nitro benzene ring substituents is 1. The fraction of sp³-hybridized carbons (Fsp3) is 0.538. The van der Waals surface area contributed by atoms with Gasteiger partial charge in [0.25, 0.3) is 5.69 Å². The van der Waals surface area contributed by atoms with Gasteiger partial charge in [0.05, 0.1) is 4.92 Å². The largest absolute Gasteiger partial charge is 0.289 e. The van der Waals surface area contributed by atoms with E-state index < -0.39 is 14.9 Å². The topological polar surface area (TPSA) is 80.5 Å². The van der Waals surface area contributed by atoms with Gasteiger partial charge in [-0.2, -0.15) is 4.31 Å². The van der Waals surface area contributed by atoms with E-state index >= 15 is 0 Å². The number of hydrogen-bond donors (Lipinski definition) is 0. The van der Waals surface area contributed by atoms with Crippen molar-refractivity contribution in [3.8, 4) is 0 Å². The van der Waals surface area contributed by atoms with E-state index in [-0.39, 0.29) is 10.6 Å². The van der Waals surface area contributed by atoms with Crippen LogP contribution in [0.3, 0.4) is 0 Å². The Hall–Kier alpha value is -1.47. The van der Waals surface area contributed by atoms with Crippen molar-refractivity contribution in [1.82, 2.24) is 4.31 Å². The Morgan fingerprint density at radius 3 is 2.30 bits per heavy atom. The Balaban J connectivity index is 2.51. The molecule has 0 aromatic heterocycles. The molecule has 6 nitrogen and oxygen atoms in total. The van der Waals surface area contributed by atoms with Gasteiger partial charge in [-0.1, -0.05) is 25.0 Å². The Bertz CT molecular complexity index is 605. The molecule has 0 bridgehead atoms. The fourth-order valence-electron chi connectivity index (χ4n) is 2.53. The lowest BCUT2D eigenvalue weighted by atomic mass is 10.2. The molecule has 7 heteroatoms. The maximum absolute atomic E-state index is 12.7. The molecule has 1 aliphatic rings. The second-order valence-corrected chi connectivity index (χ2v) is 6.87. The van der Waals surface area contributed by atoms with E-state index in [4.69, 9.17) is 0 Å². The first-order chi connectivity index (χ1) is 9.44. The molecule has 1 heterocycles. The zero-order valence-corrected chi connectivity index (χ0v) is 12.2. The normalized spacial score (nSPS) is 17.6. The standard InChI is InChI=1S/C13H18N2O4S/c1-11-7-6-8-12(15(16)17)13(11)20(18,19)14-9-4-2-3-5-10-14/h6-8H,2-5,9-10H2,1H3. The summed E-state index contributed by atoms with van der Waals surface area (Å²) >= 11 is 0. The van der Waals surface area contributed by atoms with Crippen molar-refractivity contribution in [1.29, 1.82) is 0 Å². The number of rotatable bonds is 3. The lowest BCUT2D eigenvalue weighted by Gasteiger charge is -2.20. The number of nitro groups is 1. The maximum Gasteiger partial charge on any atom is 0.289 e. The van der Waals surface area contributed by atoms with Crippen LogP contribution in [0.25, 0.3) is 0 Å². The fourth-order valence-corrected chi connectivity index (χ4v) is 4.41. The highest BCUT2D eigenvalue weighted by Crippen LogP contribution is 2.30. The molecule has 0 aliphatic carbocycles. The SMILES string of the molecule is Cc1cccc([N+](=O)[O-])c1S(=O)(=O)N1CCCCCC1. The zero-order valence-electron chi connectivity index (χ0n) is 11.4. The van der Waals surface area contributed by atoms with E-state index in [9.17, 15) is 18.5 Å². The van der Waals surface area contributed by atoms with Gasteiger partial charge in [0.2, 0.25) is 10.0 Å². The van der Waals surface area contributed by atoms with Crippen LogP contribution in [0.15, 0.2) is 23.1 Å². The first kappa shape index (κ1) is 14.9. The predicted octanol–water partition coefficient (Wildman–Crippen LogP) is 2.47. The molecule has 1 saturated heterocycles. The Labute approximate surface area is 118 Å². The number of aryl methyl sites for hydroxylation is 1. The van der Waals surface area contributed by atoms with Crippen LogP contribution in [0.2, 0.25) is 0 Å². The summed E-state index contributed by atoms with van der Waals surface area (Å²) in [5.74, 6) is 0. The van der Waals surface area contributed by atoms with Crippen molar-refractivity contribution in [3.63, 3.8) is 0 Å². The van der Waals surface area contributed by atoms with E-state index in [1.54, 1.807) is 13.0 Å². The van der Waals surface area contributed by atoms with Crippen LogP contribution in [-0.4, -0.2) is 30.7 Å². The molecule has 0 radical (unpaired) electrons. The summed E-state index contributed by atoms with van der Waals surface area (Å²) < 4.78 is 26.8. The Morgan fingerprint density at radius 2 is 1.75 bits per heavy atom. The van der Waals surface area contributed by atoms with Crippen LogP contribution in [0, 0.1) is 17.0 Å². The van der Waals surface area contributed by atoms with Crippen molar-refractivity contribution < 1.29 is 13.3 Å². The lowest BCUT2D eigenvalue weighted by molar-refractivity contribution is -0.387. The van der Waals surface area contributed by atoms with E-state index in [0.29, 0.717) is 18.7 Å². The maximum atomic E-state index is 12.7. The number of sulfonamides is 1. The van der Waals surface area contributed by atoms with Crippen LogP contribution in [0.4, 0.5) is 5.69 Å². The van der Waals surface area contributed by atoms with Gasteiger partial charge >= 0.3 is 0 Å². The first-order valence-electron chi connectivity index (χ1n) is 6.69. The molecule has 2 rings (SSSR count). The number of hydrogen-bond acceptors (Lipinski definition) is 4. The summed E-state index contributed by atoms with van der Waals surface area (Å²) in [7, 11) is -3.80. The predicted molar refractivity (Wildman–Crippen MR) is 75.1 cm³/mol. The molecule has 0 saturated carbocycles. The van der Waals surface area contributed by atoms with E-state index in [0.717, 1.165) is 25.7 Å². The molecule has 0 unspecified atom stereocenters. The van der Waals surface area contributed by atoms with Gasteiger partial charge in [-0.25, -0.2) is 8.42 Å². The summed E-state index contributed by atoms with van der Waals surface area (Å²) in [5.41, 5.74) is 0.0812. The smallest absolute Gasteiger partial charge is 0.258 e. The number of benzene rings is 1. The van der Waals surface area contributed by atoms with Crippen molar-refractivity contribution in [3.05, 3.63) is 33.9 Å². The Morgan fingerprint density at radius 1 is 1.15 bits per heavy atom. The van der Waals surface area contributed by atoms with Gasteiger partial charge < -0.3 is 0 Å². The first-order valence-corrected chi connectivity index (χ1v) is 8.13. The summed E-state index contributed by atoms with van der Waals surface area (Å²) in [6, 6.07) is 4.35. The molecule has 110 valence electrons. The minimum absolute atomic E-state index is 0.160. The van der Waals surface area contributed by atoms with Crippen molar-refractivity contribution in [2.75, 3.05) is 13.1 Å². The van der Waals surface area contributed by atoms with Crippen LogP contribution in [-0.2, 0) is 10.0 Å². The summed E-state index contributed by atoms with van der Waals surface area (Å²) in [5, 5.41) is 11.1. The monoisotopic (exact) mass is 298 g/mol. The van der Waals surface area contributed by atoms with E-state index in [1.165, 1.54) is 16.4 Å². The quantitative estimate of drug-likeness (QED) is 0.634. The molecular formula is C13H18N2O4S. The highest BCUT2D eigenvalue weighted by molar-refractivity contribution is 7.89. The van der Waals surface area contributed by atoms with Crippen molar-refractivity contribution >= 4 is 15.7 Å². The van der Waals surface area contributed by atoms with Crippen LogP contribution in [0.5, 0.6) is 0 Å². The van der Waals surface area contributed by atoms with Gasteiger partial charge in [-0.05, 0) is 25.3 Å². The molecule has 0 spiro atoms. The van der Waals surface area contributed by atoms with Crippen molar-refractivity contribution in [2.24, 2.45) is 0 Å². The Kier molecular flexibility index (Phi) is 4.39.